The van der Waals surface area contributed by atoms with Gasteiger partial charge in [-0.25, -0.2) is 0 Å². The molecule has 1 amide bonds. The number of nitrogens with two attached hydrogens (primary N) is 1. The molecule has 88 valence electrons. The molecule has 1 aromatic carbocycles. The van der Waals surface area contributed by atoms with Crippen molar-refractivity contribution >= 4 is 5.91 Å². The van der Waals surface area contributed by atoms with Crippen LogP contribution in [-0.4, -0.2) is 24.1 Å². The highest BCUT2D eigenvalue weighted by molar-refractivity contribution is 5.96. The van der Waals surface area contributed by atoms with Crippen molar-refractivity contribution in [3.05, 3.63) is 29.3 Å². The van der Waals surface area contributed by atoms with Gasteiger partial charge >= 0.3 is 0 Å². The molecule has 16 heavy (non-hydrogen) atoms. The fourth-order valence-corrected chi connectivity index (χ4v) is 1.28. The summed E-state index contributed by atoms with van der Waals surface area (Å²) in [6, 6.07) is 4.95. The van der Waals surface area contributed by atoms with Gasteiger partial charge in [0, 0.05) is 6.54 Å². The fraction of sp³-hybridized carbons (Fsp3) is 0.417. The minimum absolute atomic E-state index is 0.00324. The van der Waals surface area contributed by atoms with Crippen molar-refractivity contribution < 1.29 is 9.90 Å². The molecule has 0 bridgehead atoms. The Bertz CT molecular complexity index is 377. The molecule has 1 atom stereocenters. The Morgan fingerprint density at radius 2 is 2.25 bits per heavy atom. The third kappa shape index (κ3) is 3.24. The Morgan fingerprint density at radius 1 is 1.56 bits per heavy atom. The molecule has 0 radical (unpaired) electrons. The maximum absolute atomic E-state index is 11.7. The van der Waals surface area contributed by atoms with Gasteiger partial charge in [-0.3, -0.25) is 4.79 Å². The molecule has 0 aliphatic carbocycles. The molecule has 4 nitrogen and oxygen atoms in total. The first kappa shape index (κ1) is 12.5. The van der Waals surface area contributed by atoms with Gasteiger partial charge in [-0.15, -0.1) is 0 Å². The van der Waals surface area contributed by atoms with Crippen LogP contribution in [0.25, 0.3) is 0 Å². The number of amides is 1. The van der Waals surface area contributed by atoms with Gasteiger partial charge in [0.05, 0.1) is 5.56 Å². The molecule has 4 N–H and O–H groups in total. The maximum atomic E-state index is 11.7. The predicted octanol–water partition coefficient (Wildman–Crippen LogP) is 1.03. The van der Waals surface area contributed by atoms with Crippen LogP contribution in [0.5, 0.6) is 5.75 Å². The van der Waals surface area contributed by atoms with Crippen molar-refractivity contribution in [1.29, 1.82) is 0 Å². The molecule has 0 spiro atoms. The van der Waals surface area contributed by atoms with E-state index in [-0.39, 0.29) is 17.6 Å². The molecule has 1 aromatic rings. The van der Waals surface area contributed by atoms with Crippen LogP contribution in [-0.2, 0) is 0 Å². The molecule has 0 aliphatic heterocycles. The summed E-state index contributed by atoms with van der Waals surface area (Å²) in [5.74, 6) is -0.0269. The summed E-state index contributed by atoms with van der Waals surface area (Å²) in [6.45, 7) is 4.87. The summed E-state index contributed by atoms with van der Waals surface area (Å²) >= 11 is 0. The highest BCUT2D eigenvalue weighted by Crippen LogP contribution is 2.17. The van der Waals surface area contributed by atoms with E-state index in [2.05, 4.69) is 5.32 Å². The number of hydrogen-bond donors (Lipinski definition) is 3. The quantitative estimate of drug-likeness (QED) is 0.712. The summed E-state index contributed by atoms with van der Waals surface area (Å²) in [6.07, 6.45) is 0. The Morgan fingerprint density at radius 3 is 2.88 bits per heavy atom. The SMILES string of the molecule is Cc1ccc(O)c(C(=O)NCC(C)CN)c1. The van der Waals surface area contributed by atoms with Crippen LogP contribution in [0.15, 0.2) is 18.2 Å². The van der Waals surface area contributed by atoms with Crippen molar-refractivity contribution in [2.24, 2.45) is 11.7 Å². The summed E-state index contributed by atoms with van der Waals surface area (Å²) in [7, 11) is 0. The van der Waals surface area contributed by atoms with Gasteiger partial charge in [0.25, 0.3) is 5.91 Å². The van der Waals surface area contributed by atoms with Gasteiger partial charge in [0.15, 0.2) is 0 Å². The first-order chi connectivity index (χ1) is 7.54. The summed E-state index contributed by atoms with van der Waals surface area (Å²) in [5, 5.41) is 12.3. The van der Waals surface area contributed by atoms with Crippen molar-refractivity contribution in [1.82, 2.24) is 5.32 Å². The number of phenolic OH excluding ortho intramolecular Hbond substituents is 1. The number of aromatic hydroxyl groups is 1. The second-order valence-electron chi connectivity index (χ2n) is 4.07. The van der Waals surface area contributed by atoms with Gasteiger partial charge in [-0.05, 0) is 31.5 Å². The minimum Gasteiger partial charge on any atom is -0.507 e. The van der Waals surface area contributed by atoms with Crippen molar-refractivity contribution in [3.8, 4) is 5.75 Å². The predicted molar refractivity (Wildman–Crippen MR) is 63.4 cm³/mol. The summed E-state index contributed by atoms with van der Waals surface area (Å²) in [5.41, 5.74) is 6.70. The van der Waals surface area contributed by atoms with Crippen LogP contribution in [0, 0.1) is 12.8 Å². The number of aryl methyl sites for hydroxylation is 1. The Kier molecular flexibility index (Phi) is 4.31. The molecule has 4 heteroatoms. The molecule has 0 saturated heterocycles. The van der Waals surface area contributed by atoms with Crippen molar-refractivity contribution in [2.75, 3.05) is 13.1 Å². The number of benzene rings is 1. The fourth-order valence-electron chi connectivity index (χ4n) is 1.28. The Hall–Kier alpha value is -1.55. The zero-order valence-electron chi connectivity index (χ0n) is 9.66. The lowest BCUT2D eigenvalue weighted by molar-refractivity contribution is 0.0946. The second kappa shape index (κ2) is 5.51. The van der Waals surface area contributed by atoms with Gasteiger partial charge in [0.2, 0.25) is 0 Å². The first-order valence-electron chi connectivity index (χ1n) is 5.32. The lowest BCUT2D eigenvalue weighted by atomic mass is 10.1. The van der Waals surface area contributed by atoms with E-state index in [1.165, 1.54) is 6.07 Å². The molecule has 0 saturated carbocycles. The molecule has 0 aromatic heterocycles. The van der Waals surface area contributed by atoms with Crippen LogP contribution in [0.1, 0.15) is 22.8 Å². The number of phenols is 1. The molecule has 0 heterocycles. The largest absolute Gasteiger partial charge is 0.507 e. The highest BCUT2D eigenvalue weighted by Gasteiger charge is 2.11. The summed E-state index contributed by atoms with van der Waals surface area (Å²) < 4.78 is 0. The molecular formula is C12H18N2O2. The molecule has 1 rings (SSSR count). The van der Waals surface area contributed by atoms with E-state index >= 15 is 0 Å². The Balaban J connectivity index is 2.69. The lowest BCUT2D eigenvalue weighted by Crippen LogP contribution is -2.31. The summed E-state index contributed by atoms with van der Waals surface area (Å²) in [4.78, 5) is 11.7. The Labute approximate surface area is 95.5 Å². The van der Waals surface area contributed by atoms with Crippen LogP contribution in [0.2, 0.25) is 0 Å². The van der Waals surface area contributed by atoms with E-state index in [1.54, 1.807) is 12.1 Å². The smallest absolute Gasteiger partial charge is 0.255 e. The number of carbonyl (C=O) groups is 1. The van der Waals surface area contributed by atoms with Crippen LogP contribution in [0.3, 0.4) is 0 Å². The van der Waals surface area contributed by atoms with E-state index in [4.69, 9.17) is 5.73 Å². The molecule has 1 unspecified atom stereocenters. The normalized spacial score (nSPS) is 12.2. The second-order valence-corrected chi connectivity index (χ2v) is 4.07. The van der Waals surface area contributed by atoms with Gasteiger partial charge in [-0.2, -0.15) is 0 Å². The van der Waals surface area contributed by atoms with Crippen LogP contribution >= 0.6 is 0 Å². The average molecular weight is 222 g/mol. The third-order valence-electron chi connectivity index (χ3n) is 2.41. The number of carbonyl (C=O) groups excluding carboxylic acids is 1. The van der Waals surface area contributed by atoms with Crippen molar-refractivity contribution in [2.45, 2.75) is 13.8 Å². The number of hydrogen-bond acceptors (Lipinski definition) is 3. The lowest BCUT2D eigenvalue weighted by Gasteiger charge is -2.11. The maximum Gasteiger partial charge on any atom is 0.255 e. The van der Waals surface area contributed by atoms with E-state index in [0.717, 1.165) is 5.56 Å². The van der Waals surface area contributed by atoms with Crippen LogP contribution < -0.4 is 11.1 Å². The number of rotatable bonds is 4. The zero-order chi connectivity index (χ0) is 12.1. The van der Waals surface area contributed by atoms with Crippen LogP contribution in [0.4, 0.5) is 0 Å². The molecular weight excluding hydrogens is 204 g/mol. The third-order valence-corrected chi connectivity index (χ3v) is 2.41. The minimum atomic E-state index is -0.262. The standard InChI is InChI=1S/C12H18N2O2/c1-8-3-4-11(15)10(5-8)12(16)14-7-9(2)6-13/h3-5,9,15H,6-7,13H2,1-2H3,(H,14,16). The van der Waals surface area contributed by atoms with E-state index < -0.39 is 0 Å². The van der Waals surface area contributed by atoms with E-state index in [0.29, 0.717) is 18.7 Å². The van der Waals surface area contributed by atoms with Crippen molar-refractivity contribution in [3.63, 3.8) is 0 Å². The monoisotopic (exact) mass is 222 g/mol. The zero-order valence-corrected chi connectivity index (χ0v) is 9.66. The van der Waals surface area contributed by atoms with E-state index in [1.807, 2.05) is 13.8 Å². The average Bonchev–Trinajstić information content (AvgIpc) is 2.28. The molecule has 0 aliphatic rings. The first-order valence-corrected chi connectivity index (χ1v) is 5.32. The highest BCUT2D eigenvalue weighted by atomic mass is 16.3. The van der Waals surface area contributed by atoms with Gasteiger partial charge in [0.1, 0.15) is 5.75 Å². The van der Waals surface area contributed by atoms with Gasteiger partial charge < -0.3 is 16.2 Å². The number of nitrogens with one attached hydrogen (secondary N) is 1. The van der Waals surface area contributed by atoms with E-state index in [9.17, 15) is 9.90 Å². The topological polar surface area (TPSA) is 75.3 Å². The molecule has 0 fully saturated rings. The van der Waals surface area contributed by atoms with Gasteiger partial charge in [-0.1, -0.05) is 18.6 Å².